The van der Waals surface area contributed by atoms with E-state index in [1.165, 1.54) is 0 Å². The van der Waals surface area contributed by atoms with E-state index in [2.05, 4.69) is 0 Å². The third kappa shape index (κ3) is 2.50. The Morgan fingerprint density at radius 2 is 2.18 bits per heavy atom. The lowest BCUT2D eigenvalue weighted by atomic mass is 10.1. The van der Waals surface area contributed by atoms with E-state index in [-0.39, 0.29) is 6.79 Å². The van der Waals surface area contributed by atoms with E-state index in [0.29, 0.717) is 6.54 Å². The zero-order valence-electron chi connectivity index (χ0n) is 9.84. The number of ether oxygens (including phenoxy) is 2. The SMILES string of the molecule is CC(C(=O)O)N(C)Cc1ccc2c(c1)OCO2. The van der Waals surface area contributed by atoms with E-state index >= 15 is 0 Å². The molecule has 0 aliphatic carbocycles. The highest BCUT2D eigenvalue weighted by molar-refractivity contribution is 5.72. The van der Waals surface area contributed by atoms with Crippen molar-refractivity contribution in [1.29, 1.82) is 0 Å². The summed E-state index contributed by atoms with van der Waals surface area (Å²) in [4.78, 5) is 12.6. The van der Waals surface area contributed by atoms with Crippen LogP contribution in [-0.2, 0) is 11.3 Å². The van der Waals surface area contributed by atoms with Gasteiger partial charge in [-0.1, -0.05) is 6.07 Å². The predicted octanol–water partition coefficient (Wildman–Crippen LogP) is 1.32. The maximum atomic E-state index is 10.8. The average molecular weight is 237 g/mol. The number of hydrogen-bond donors (Lipinski definition) is 1. The van der Waals surface area contributed by atoms with E-state index in [9.17, 15) is 4.79 Å². The molecule has 0 radical (unpaired) electrons. The van der Waals surface area contributed by atoms with E-state index in [4.69, 9.17) is 14.6 Å². The average Bonchev–Trinajstić information content (AvgIpc) is 2.74. The van der Waals surface area contributed by atoms with Gasteiger partial charge in [-0.25, -0.2) is 0 Å². The number of fused-ring (bicyclic) bond motifs is 1. The van der Waals surface area contributed by atoms with E-state index in [1.54, 1.807) is 18.9 Å². The van der Waals surface area contributed by atoms with Crippen molar-refractivity contribution in [2.45, 2.75) is 19.5 Å². The minimum Gasteiger partial charge on any atom is -0.480 e. The molecule has 5 nitrogen and oxygen atoms in total. The van der Waals surface area contributed by atoms with E-state index in [0.717, 1.165) is 17.1 Å². The Morgan fingerprint density at radius 1 is 1.47 bits per heavy atom. The van der Waals surface area contributed by atoms with Crippen LogP contribution in [0, 0.1) is 0 Å². The first-order valence-electron chi connectivity index (χ1n) is 5.39. The molecular weight excluding hydrogens is 222 g/mol. The Labute approximate surface area is 99.6 Å². The summed E-state index contributed by atoms with van der Waals surface area (Å²) in [6, 6.07) is 5.13. The van der Waals surface area contributed by atoms with Crippen LogP contribution in [0.4, 0.5) is 0 Å². The van der Waals surface area contributed by atoms with Gasteiger partial charge in [-0.2, -0.15) is 0 Å². The number of benzene rings is 1. The molecule has 1 heterocycles. The molecule has 0 saturated heterocycles. The number of likely N-dealkylation sites (N-methyl/N-ethyl adjacent to an activating group) is 1. The molecule has 1 aliphatic rings. The normalized spacial score (nSPS) is 15.0. The van der Waals surface area contributed by atoms with Crippen LogP contribution in [0.1, 0.15) is 12.5 Å². The lowest BCUT2D eigenvalue weighted by molar-refractivity contribution is -0.142. The number of hydrogen-bond acceptors (Lipinski definition) is 4. The van der Waals surface area contributed by atoms with Gasteiger partial charge in [-0.15, -0.1) is 0 Å². The monoisotopic (exact) mass is 237 g/mol. The molecule has 2 rings (SSSR count). The van der Waals surface area contributed by atoms with Crippen LogP contribution in [0.3, 0.4) is 0 Å². The largest absolute Gasteiger partial charge is 0.480 e. The quantitative estimate of drug-likeness (QED) is 0.855. The van der Waals surface area contributed by atoms with Gasteiger partial charge in [0.1, 0.15) is 6.04 Å². The molecule has 0 bridgehead atoms. The van der Waals surface area contributed by atoms with Crippen molar-refractivity contribution in [2.75, 3.05) is 13.8 Å². The molecule has 1 atom stereocenters. The lowest BCUT2D eigenvalue weighted by Gasteiger charge is -2.21. The first-order valence-corrected chi connectivity index (χ1v) is 5.39. The molecule has 1 aliphatic heterocycles. The highest BCUT2D eigenvalue weighted by Crippen LogP contribution is 2.32. The molecular formula is C12H15NO4. The Bertz CT molecular complexity index is 433. The summed E-state index contributed by atoms with van der Waals surface area (Å²) < 4.78 is 10.5. The standard InChI is InChI=1S/C12H15NO4/c1-8(12(14)15)13(2)6-9-3-4-10-11(5-9)17-7-16-10/h3-5,8H,6-7H2,1-2H3,(H,14,15). The molecule has 17 heavy (non-hydrogen) atoms. The van der Waals surface area contributed by atoms with Gasteiger partial charge in [-0.05, 0) is 31.7 Å². The summed E-state index contributed by atoms with van der Waals surface area (Å²) in [7, 11) is 1.78. The van der Waals surface area contributed by atoms with E-state index < -0.39 is 12.0 Å². The van der Waals surface area contributed by atoms with Crippen molar-refractivity contribution in [1.82, 2.24) is 4.90 Å². The van der Waals surface area contributed by atoms with Gasteiger partial charge in [0.25, 0.3) is 0 Å². The first kappa shape index (κ1) is 11.7. The Morgan fingerprint density at radius 3 is 2.88 bits per heavy atom. The summed E-state index contributed by atoms with van der Waals surface area (Å²) in [6.07, 6.45) is 0. The molecule has 1 N–H and O–H groups in total. The van der Waals surface area contributed by atoms with Crippen molar-refractivity contribution in [2.24, 2.45) is 0 Å². The van der Waals surface area contributed by atoms with Crippen molar-refractivity contribution in [3.05, 3.63) is 23.8 Å². The second-order valence-electron chi connectivity index (χ2n) is 4.12. The van der Waals surface area contributed by atoms with Crippen LogP contribution in [-0.4, -0.2) is 35.9 Å². The minimum absolute atomic E-state index is 0.250. The molecule has 0 aromatic heterocycles. The summed E-state index contributed by atoms with van der Waals surface area (Å²) >= 11 is 0. The highest BCUT2D eigenvalue weighted by atomic mass is 16.7. The van der Waals surface area contributed by atoms with Crippen molar-refractivity contribution in [3.63, 3.8) is 0 Å². The smallest absolute Gasteiger partial charge is 0.320 e. The Kier molecular flexibility index (Phi) is 3.19. The lowest BCUT2D eigenvalue weighted by Crippen LogP contribution is -2.35. The second kappa shape index (κ2) is 4.63. The van der Waals surface area contributed by atoms with Gasteiger partial charge >= 0.3 is 5.97 Å². The zero-order chi connectivity index (χ0) is 12.4. The van der Waals surface area contributed by atoms with Crippen LogP contribution >= 0.6 is 0 Å². The Hall–Kier alpha value is -1.75. The highest BCUT2D eigenvalue weighted by Gasteiger charge is 2.18. The van der Waals surface area contributed by atoms with Crippen LogP contribution in [0.5, 0.6) is 11.5 Å². The third-order valence-corrected chi connectivity index (χ3v) is 2.89. The van der Waals surface area contributed by atoms with Crippen molar-refractivity contribution < 1.29 is 19.4 Å². The fourth-order valence-corrected chi connectivity index (χ4v) is 1.65. The van der Waals surface area contributed by atoms with Gasteiger partial charge in [0.05, 0.1) is 0 Å². The summed E-state index contributed by atoms with van der Waals surface area (Å²) in [6.45, 7) is 2.47. The maximum absolute atomic E-state index is 10.8. The Balaban J connectivity index is 2.06. The molecule has 1 aromatic rings. The number of nitrogens with zero attached hydrogens (tertiary/aromatic N) is 1. The molecule has 92 valence electrons. The van der Waals surface area contributed by atoms with Crippen LogP contribution in [0.15, 0.2) is 18.2 Å². The first-order chi connectivity index (χ1) is 8.08. The van der Waals surface area contributed by atoms with Gasteiger partial charge in [-0.3, -0.25) is 9.69 Å². The van der Waals surface area contributed by atoms with Crippen molar-refractivity contribution >= 4 is 5.97 Å². The van der Waals surface area contributed by atoms with Crippen LogP contribution in [0.25, 0.3) is 0 Å². The predicted molar refractivity (Wildman–Crippen MR) is 61.1 cm³/mol. The molecule has 0 fully saturated rings. The summed E-state index contributed by atoms with van der Waals surface area (Å²) in [5.41, 5.74) is 1.00. The van der Waals surface area contributed by atoms with Crippen molar-refractivity contribution in [3.8, 4) is 11.5 Å². The maximum Gasteiger partial charge on any atom is 0.320 e. The number of carboxylic acid groups (broad SMARTS) is 1. The number of carboxylic acids is 1. The van der Waals surface area contributed by atoms with Gasteiger partial charge in [0.15, 0.2) is 11.5 Å². The zero-order valence-corrected chi connectivity index (χ0v) is 9.84. The van der Waals surface area contributed by atoms with E-state index in [1.807, 2.05) is 18.2 Å². The third-order valence-electron chi connectivity index (χ3n) is 2.89. The van der Waals surface area contributed by atoms with Gasteiger partial charge in [0, 0.05) is 6.54 Å². The van der Waals surface area contributed by atoms with Gasteiger partial charge < -0.3 is 14.6 Å². The molecule has 1 unspecified atom stereocenters. The molecule has 0 spiro atoms. The number of aliphatic carboxylic acids is 1. The topological polar surface area (TPSA) is 59.0 Å². The van der Waals surface area contributed by atoms with Crippen LogP contribution in [0.2, 0.25) is 0 Å². The summed E-state index contributed by atoms with van der Waals surface area (Å²) in [5.74, 6) is 0.634. The molecule has 1 aromatic carbocycles. The fraction of sp³-hybridized carbons (Fsp3) is 0.417. The molecule has 5 heteroatoms. The fourth-order valence-electron chi connectivity index (χ4n) is 1.65. The number of rotatable bonds is 4. The molecule has 0 saturated carbocycles. The minimum atomic E-state index is -0.826. The second-order valence-corrected chi connectivity index (χ2v) is 4.12. The van der Waals surface area contributed by atoms with Crippen LogP contribution < -0.4 is 9.47 Å². The molecule has 0 amide bonds. The summed E-state index contributed by atoms with van der Waals surface area (Å²) in [5, 5.41) is 8.90. The number of carbonyl (C=O) groups is 1. The van der Waals surface area contributed by atoms with Gasteiger partial charge in [0.2, 0.25) is 6.79 Å².